The zero-order valence-corrected chi connectivity index (χ0v) is 18.2. The largest absolute Gasteiger partial charge is 0.497 e. The van der Waals surface area contributed by atoms with Gasteiger partial charge in [-0.3, -0.25) is 9.59 Å². The van der Waals surface area contributed by atoms with Crippen molar-refractivity contribution in [3.05, 3.63) is 89.0 Å². The van der Waals surface area contributed by atoms with Gasteiger partial charge in [0.25, 0.3) is 11.8 Å². The molecule has 0 bridgehead atoms. The lowest BCUT2D eigenvalue weighted by molar-refractivity contribution is 0.0729. The van der Waals surface area contributed by atoms with E-state index in [0.717, 1.165) is 24.2 Å². The average molecular weight is 431 g/mol. The van der Waals surface area contributed by atoms with E-state index in [-0.39, 0.29) is 17.9 Å². The molecule has 3 aromatic rings. The van der Waals surface area contributed by atoms with E-state index >= 15 is 0 Å². The molecule has 1 N–H and O–H groups in total. The summed E-state index contributed by atoms with van der Waals surface area (Å²) in [4.78, 5) is 36.8. The van der Waals surface area contributed by atoms with Crippen LogP contribution < -0.4 is 10.1 Å². The molecule has 2 amide bonds. The molecule has 2 aromatic carbocycles. The van der Waals surface area contributed by atoms with Gasteiger partial charge in [0.15, 0.2) is 0 Å². The minimum absolute atomic E-state index is 0.0473. The lowest BCUT2D eigenvalue weighted by Crippen LogP contribution is -2.33. The van der Waals surface area contributed by atoms with Crippen LogP contribution in [0.1, 0.15) is 56.7 Å². The standard InChI is InChI=1S/C25H26N4O3/c1-17-26-16-21(24(30)27-15-18-10-12-20(32-2)13-11-18)23(28-17)22-9-6-14-29(22)25(31)19-7-4-3-5-8-19/h3-5,7-8,10-13,16,22H,6,9,14-15H2,1-2H3,(H,27,30). The average Bonchev–Trinajstić information content (AvgIpc) is 3.32. The van der Waals surface area contributed by atoms with Gasteiger partial charge in [0.2, 0.25) is 0 Å². The molecule has 2 heterocycles. The monoisotopic (exact) mass is 430 g/mol. The maximum Gasteiger partial charge on any atom is 0.255 e. The summed E-state index contributed by atoms with van der Waals surface area (Å²) in [5, 5.41) is 2.95. The Morgan fingerprint density at radius 3 is 2.59 bits per heavy atom. The fourth-order valence-electron chi connectivity index (χ4n) is 3.98. The van der Waals surface area contributed by atoms with Crippen molar-refractivity contribution in [2.75, 3.05) is 13.7 Å². The van der Waals surface area contributed by atoms with Crippen LogP contribution in [0, 0.1) is 6.92 Å². The maximum absolute atomic E-state index is 13.1. The Morgan fingerprint density at radius 2 is 1.88 bits per heavy atom. The van der Waals surface area contributed by atoms with E-state index in [4.69, 9.17) is 4.74 Å². The van der Waals surface area contributed by atoms with Crippen molar-refractivity contribution in [1.82, 2.24) is 20.2 Å². The molecule has 0 saturated carbocycles. The predicted octanol–water partition coefficient (Wildman–Crippen LogP) is 3.70. The third kappa shape index (κ3) is 4.61. The van der Waals surface area contributed by atoms with Gasteiger partial charge in [-0.25, -0.2) is 9.97 Å². The van der Waals surface area contributed by atoms with Crippen molar-refractivity contribution in [3.63, 3.8) is 0 Å². The second-order valence-electron chi connectivity index (χ2n) is 7.77. The number of methoxy groups -OCH3 is 1. The molecule has 1 unspecified atom stereocenters. The predicted molar refractivity (Wildman–Crippen MR) is 120 cm³/mol. The van der Waals surface area contributed by atoms with Crippen molar-refractivity contribution in [2.24, 2.45) is 0 Å². The number of aromatic nitrogens is 2. The lowest BCUT2D eigenvalue weighted by Gasteiger charge is -2.26. The van der Waals surface area contributed by atoms with Crippen LogP contribution >= 0.6 is 0 Å². The Morgan fingerprint density at radius 1 is 1.12 bits per heavy atom. The van der Waals surface area contributed by atoms with Crippen molar-refractivity contribution in [3.8, 4) is 5.75 Å². The maximum atomic E-state index is 13.1. The van der Waals surface area contributed by atoms with Crippen LogP contribution in [0.4, 0.5) is 0 Å². The summed E-state index contributed by atoms with van der Waals surface area (Å²) < 4.78 is 5.17. The lowest BCUT2D eigenvalue weighted by atomic mass is 10.0. The van der Waals surface area contributed by atoms with Gasteiger partial charge in [0, 0.05) is 24.8 Å². The first kappa shape index (κ1) is 21.5. The molecule has 164 valence electrons. The summed E-state index contributed by atoms with van der Waals surface area (Å²) in [6.07, 6.45) is 3.18. The number of hydrogen-bond donors (Lipinski definition) is 1. The number of likely N-dealkylation sites (tertiary alicyclic amines) is 1. The Hall–Kier alpha value is -3.74. The topological polar surface area (TPSA) is 84.4 Å². The Balaban J connectivity index is 1.55. The first-order valence-corrected chi connectivity index (χ1v) is 10.7. The highest BCUT2D eigenvalue weighted by atomic mass is 16.5. The minimum atomic E-state index is -0.258. The number of benzene rings is 2. The van der Waals surface area contributed by atoms with E-state index in [0.29, 0.717) is 35.7 Å². The quantitative estimate of drug-likeness (QED) is 0.645. The molecule has 1 aliphatic rings. The first-order valence-electron chi connectivity index (χ1n) is 10.7. The molecule has 1 saturated heterocycles. The summed E-state index contributed by atoms with van der Waals surface area (Å²) in [5.41, 5.74) is 2.60. The second-order valence-corrected chi connectivity index (χ2v) is 7.77. The molecule has 4 rings (SSSR count). The number of aryl methyl sites for hydroxylation is 1. The van der Waals surface area contributed by atoms with Crippen LogP contribution in [0.2, 0.25) is 0 Å². The molecule has 0 aliphatic carbocycles. The second kappa shape index (κ2) is 9.60. The number of carbonyl (C=O) groups is 2. The summed E-state index contributed by atoms with van der Waals surface area (Å²) >= 11 is 0. The van der Waals surface area contributed by atoms with Gasteiger partial charge >= 0.3 is 0 Å². The van der Waals surface area contributed by atoms with Crippen LogP contribution in [-0.4, -0.2) is 40.3 Å². The Bertz CT molecular complexity index is 1100. The minimum Gasteiger partial charge on any atom is -0.497 e. The summed E-state index contributed by atoms with van der Waals surface area (Å²) in [6, 6.07) is 16.5. The number of nitrogens with one attached hydrogen (secondary N) is 1. The van der Waals surface area contributed by atoms with Gasteiger partial charge in [0.05, 0.1) is 24.4 Å². The third-order valence-electron chi connectivity index (χ3n) is 5.65. The zero-order valence-electron chi connectivity index (χ0n) is 18.2. The summed E-state index contributed by atoms with van der Waals surface area (Å²) in [5.74, 6) is 1.04. The van der Waals surface area contributed by atoms with Gasteiger partial charge in [0.1, 0.15) is 11.6 Å². The van der Waals surface area contributed by atoms with E-state index in [1.807, 2.05) is 59.5 Å². The Kier molecular flexibility index (Phi) is 6.44. The smallest absolute Gasteiger partial charge is 0.255 e. The van der Waals surface area contributed by atoms with Gasteiger partial charge in [-0.05, 0) is 49.6 Å². The van der Waals surface area contributed by atoms with Gasteiger partial charge in [-0.15, -0.1) is 0 Å². The van der Waals surface area contributed by atoms with Crippen LogP contribution in [0.5, 0.6) is 5.75 Å². The van der Waals surface area contributed by atoms with Crippen LogP contribution in [0.15, 0.2) is 60.8 Å². The number of rotatable bonds is 6. The van der Waals surface area contributed by atoms with Crippen molar-refractivity contribution in [2.45, 2.75) is 32.4 Å². The molecule has 7 heteroatoms. The fraction of sp³-hybridized carbons (Fsp3) is 0.280. The number of ether oxygens (including phenoxy) is 1. The summed E-state index contributed by atoms with van der Waals surface area (Å²) in [6.45, 7) is 2.79. The molecular weight excluding hydrogens is 404 g/mol. The molecule has 32 heavy (non-hydrogen) atoms. The molecule has 1 atom stereocenters. The number of amides is 2. The van der Waals surface area contributed by atoms with E-state index in [9.17, 15) is 9.59 Å². The highest BCUT2D eigenvalue weighted by Crippen LogP contribution is 2.34. The third-order valence-corrected chi connectivity index (χ3v) is 5.65. The van der Waals surface area contributed by atoms with Crippen LogP contribution in [0.3, 0.4) is 0 Å². The van der Waals surface area contributed by atoms with Gasteiger partial charge < -0.3 is 15.0 Å². The van der Waals surface area contributed by atoms with E-state index in [1.54, 1.807) is 20.2 Å². The van der Waals surface area contributed by atoms with Gasteiger partial charge in [-0.1, -0.05) is 30.3 Å². The first-order chi connectivity index (χ1) is 15.6. The molecule has 0 spiro atoms. The summed E-state index contributed by atoms with van der Waals surface area (Å²) in [7, 11) is 1.62. The molecule has 0 radical (unpaired) electrons. The highest BCUT2D eigenvalue weighted by molar-refractivity contribution is 5.96. The SMILES string of the molecule is COc1ccc(CNC(=O)c2cnc(C)nc2C2CCCN2C(=O)c2ccccc2)cc1. The molecule has 1 fully saturated rings. The molecule has 1 aliphatic heterocycles. The zero-order chi connectivity index (χ0) is 22.5. The van der Waals surface area contributed by atoms with Crippen molar-refractivity contribution < 1.29 is 14.3 Å². The molecule has 1 aromatic heterocycles. The van der Waals surface area contributed by atoms with E-state index < -0.39 is 0 Å². The Labute approximate surface area is 187 Å². The van der Waals surface area contributed by atoms with Gasteiger partial charge in [-0.2, -0.15) is 0 Å². The van der Waals surface area contributed by atoms with E-state index in [2.05, 4.69) is 15.3 Å². The number of hydrogen-bond acceptors (Lipinski definition) is 5. The normalized spacial score (nSPS) is 15.4. The van der Waals surface area contributed by atoms with Crippen molar-refractivity contribution in [1.29, 1.82) is 0 Å². The highest BCUT2D eigenvalue weighted by Gasteiger charge is 2.34. The number of carbonyl (C=O) groups excluding carboxylic acids is 2. The van der Waals surface area contributed by atoms with Crippen LogP contribution in [-0.2, 0) is 6.54 Å². The fourth-order valence-corrected chi connectivity index (χ4v) is 3.98. The molecular formula is C25H26N4O3. The van der Waals surface area contributed by atoms with E-state index in [1.165, 1.54) is 0 Å². The molecule has 7 nitrogen and oxygen atoms in total. The van der Waals surface area contributed by atoms with Crippen molar-refractivity contribution >= 4 is 11.8 Å². The van der Waals surface area contributed by atoms with Crippen LogP contribution in [0.25, 0.3) is 0 Å². The number of nitrogens with zero attached hydrogens (tertiary/aromatic N) is 3.